The molecule has 2 aliphatic heterocycles. The van der Waals surface area contributed by atoms with Gasteiger partial charge in [0.05, 0.1) is 17.6 Å². The molecule has 2 unspecified atom stereocenters. The van der Waals surface area contributed by atoms with E-state index in [2.05, 4.69) is 5.22 Å². The topological polar surface area (TPSA) is 123 Å². The summed E-state index contributed by atoms with van der Waals surface area (Å²) in [5, 5.41) is 15.4. The molecule has 0 saturated heterocycles. The molecule has 0 aliphatic carbocycles. The minimum absolute atomic E-state index is 0.120. The zero-order valence-electron chi connectivity index (χ0n) is 23.3. The Kier molecular flexibility index (Phi) is 6.96. The first-order valence-corrected chi connectivity index (χ1v) is 14.6. The number of carbonyl (C=O) groups is 1. The van der Waals surface area contributed by atoms with Crippen LogP contribution in [0, 0.1) is 24.8 Å². The summed E-state index contributed by atoms with van der Waals surface area (Å²) >= 11 is 0. The van der Waals surface area contributed by atoms with Gasteiger partial charge in [0.25, 0.3) is 0 Å². The van der Waals surface area contributed by atoms with Crippen molar-refractivity contribution >= 4 is 21.7 Å². The Balaban J connectivity index is 1.84. The molecule has 2 aliphatic rings. The van der Waals surface area contributed by atoms with Crippen molar-refractivity contribution in [2.24, 2.45) is 10.6 Å². The standard InChI is InChI=1S/C30H34N4O5S/c1-18-10-11-20-14-21(18)16-34-17-22(39-26-8-6-7-9-27(26)40(34,37)38)15-24-19(2)23(12-13-25(24)33(5)32-31)28(20)30(3,4)29(35)36/h6-14,22,28,31H,15-17H2,1-5H3,(H,35,36)/t22-,28?/m1/s1. The zero-order valence-corrected chi connectivity index (χ0v) is 24.1. The molecular weight excluding hydrogens is 528 g/mol. The number of fused-ring (bicyclic) bond motifs is 7. The van der Waals surface area contributed by atoms with Crippen molar-refractivity contribution in [3.8, 4) is 5.75 Å². The highest BCUT2D eigenvalue weighted by Crippen LogP contribution is 2.46. The summed E-state index contributed by atoms with van der Waals surface area (Å²) in [5.74, 6) is -1.16. The quantitative estimate of drug-likeness (QED) is 0.323. The Morgan fingerprint density at radius 1 is 1.15 bits per heavy atom. The summed E-state index contributed by atoms with van der Waals surface area (Å²) in [5.41, 5.74) is 12.2. The molecule has 210 valence electrons. The molecule has 3 atom stereocenters. The number of carboxylic acid groups (broad SMARTS) is 1. The maximum atomic E-state index is 14.0. The molecule has 40 heavy (non-hydrogen) atoms. The number of hydrogen-bond acceptors (Lipinski definition) is 6. The number of hydrogen-bond donors (Lipinski definition) is 2. The molecule has 0 amide bonds. The van der Waals surface area contributed by atoms with Crippen molar-refractivity contribution in [1.82, 2.24) is 4.31 Å². The number of rotatable bonds is 4. The third-order valence-corrected chi connectivity index (χ3v) is 10.2. The van der Waals surface area contributed by atoms with Crippen molar-refractivity contribution in [2.75, 3.05) is 18.6 Å². The van der Waals surface area contributed by atoms with Gasteiger partial charge in [-0.3, -0.25) is 9.80 Å². The fraction of sp³-hybridized carbons (Fsp3) is 0.367. The molecule has 3 aromatic rings. The number of sulfonamides is 1. The summed E-state index contributed by atoms with van der Waals surface area (Å²) in [4.78, 5) is 12.8. The highest BCUT2D eigenvalue weighted by molar-refractivity contribution is 7.89. The number of para-hydroxylation sites is 1. The van der Waals surface area contributed by atoms with Crippen LogP contribution in [0.1, 0.15) is 53.1 Å². The van der Waals surface area contributed by atoms with Gasteiger partial charge in [-0.2, -0.15) is 9.84 Å². The molecule has 5 rings (SSSR count). The Hall–Kier alpha value is -3.76. The zero-order chi connectivity index (χ0) is 29.0. The van der Waals surface area contributed by atoms with Crippen LogP contribution in [-0.4, -0.2) is 43.5 Å². The van der Waals surface area contributed by atoms with Crippen LogP contribution in [0.5, 0.6) is 5.75 Å². The van der Waals surface area contributed by atoms with E-state index in [9.17, 15) is 18.3 Å². The molecule has 0 aromatic heterocycles. The van der Waals surface area contributed by atoms with E-state index < -0.39 is 33.4 Å². The largest absolute Gasteiger partial charge is 0.487 e. The summed E-state index contributed by atoms with van der Waals surface area (Å²) in [7, 11) is -2.22. The van der Waals surface area contributed by atoms with E-state index in [1.807, 2.05) is 44.2 Å². The van der Waals surface area contributed by atoms with E-state index in [-0.39, 0.29) is 18.0 Å². The number of carboxylic acids is 1. The SMILES string of the molecule is Cc1ccc2cc1CN1C[C@@H](Cc3c(N(C)N=N)ccc(c3C)C2C(C)(C)C(=O)O)Oc2ccccc2S1(=O)=O. The molecule has 0 saturated carbocycles. The van der Waals surface area contributed by atoms with E-state index in [1.165, 1.54) is 9.31 Å². The second-order valence-corrected chi connectivity index (χ2v) is 13.1. The van der Waals surface area contributed by atoms with E-state index in [0.29, 0.717) is 17.9 Å². The van der Waals surface area contributed by atoms with Gasteiger partial charge in [0.2, 0.25) is 10.0 Å². The van der Waals surface area contributed by atoms with Gasteiger partial charge in [-0.25, -0.2) is 8.42 Å². The first-order chi connectivity index (χ1) is 18.9. The number of nitrogens with zero attached hydrogens (tertiary/aromatic N) is 3. The average Bonchev–Trinajstić information content (AvgIpc) is 3.00. The Morgan fingerprint density at radius 3 is 2.58 bits per heavy atom. The van der Waals surface area contributed by atoms with Crippen LogP contribution in [0.25, 0.3) is 0 Å². The summed E-state index contributed by atoms with van der Waals surface area (Å²) in [6, 6.07) is 16.3. The minimum atomic E-state index is -3.90. The molecule has 0 radical (unpaired) electrons. The maximum Gasteiger partial charge on any atom is 0.310 e. The number of nitrogens with one attached hydrogen (secondary N) is 1. The van der Waals surface area contributed by atoms with Gasteiger partial charge in [-0.15, -0.1) is 0 Å². The van der Waals surface area contributed by atoms with E-state index >= 15 is 0 Å². The average molecular weight is 563 g/mol. The predicted molar refractivity (Wildman–Crippen MR) is 151 cm³/mol. The lowest BCUT2D eigenvalue weighted by Crippen LogP contribution is -2.38. The van der Waals surface area contributed by atoms with Crippen molar-refractivity contribution < 1.29 is 23.1 Å². The van der Waals surface area contributed by atoms with Crippen LogP contribution < -0.4 is 9.75 Å². The number of anilines is 1. The van der Waals surface area contributed by atoms with E-state index in [4.69, 9.17) is 10.3 Å². The molecular formula is C30H34N4O5S. The van der Waals surface area contributed by atoms with E-state index in [1.54, 1.807) is 45.2 Å². The normalized spacial score (nSPS) is 21.5. The fourth-order valence-corrected chi connectivity index (χ4v) is 7.52. The molecule has 9 nitrogen and oxygen atoms in total. The molecule has 6 bridgehead atoms. The maximum absolute atomic E-state index is 14.0. The number of aliphatic carboxylic acids is 1. The van der Waals surface area contributed by atoms with Gasteiger partial charge in [-0.05, 0) is 79.3 Å². The van der Waals surface area contributed by atoms with Gasteiger partial charge in [0.1, 0.15) is 16.7 Å². The lowest BCUT2D eigenvalue weighted by atomic mass is 9.69. The third-order valence-electron chi connectivity index (χ3n) is 8.35. The van der Waals surface area contributed by atoms with Gasteiger partial charge >= 0.3 is 5.97 Å². The Bertz CT molecular complexity index is 1620. The number of aryl methyl sites for hydroxylation is 1. The van der Waals surface area contributed by atoms with Crippen molar-refractivity contribution in [3.63, 3.8) is 0 Å². The highest BCUT2D eigenvalue weighted by atomic mass is 32.2. The summed E-state index contributed by atoms with van der Waals surface area (Å²) in [6.07, 6.45) is -0.207. The second kappa shape index (κ2) is 10.0. The molecule has 0 fully saturated rings. The van der Waals surface area contributed by atoms with E-state index in [0.717, 1.165) is 33.4 Å². The molecule has 2 heterocycles. The first kappa shape index (κ1) is 27.8. The Labute approximate surface area is 234 Å². The lowest BCUT2D eigenvalue weighted by molar-refractivity contribution is -0.147. The van der Waals surface area contributed by atoms with Gasteiger partial charge in [0.15, 0.2) is 0 Å². The van der Waals surface area contributed by atoms with Gasteiger partial charge < -0.3 is 9.84 Å². The van der Waals surface area contributed by atoms with Crippen molar-refractivity contribution in [1.29, 1.82) is 5.53 Å². The lowest BCUT2D eigenvalue weighted by Gasteiger charge is -2.35. The van der Waals surface area contributed by atoms with Crippen molar-refractivity contribution in [3.05, 3.63) is 88.0 Å². The van der Waals surface area contributed by atoms with Crippen LogP contribution >= 0.6 is 0 Å². The van der Waals surface area contributed by atoms with Crippen molar-refractivity contribution in [2.45, 2.75) is 57.6 Å². The fourth-order valence-electron chi connectivity index (χ4n) is 5.95. The van der Waals surface area contributed by atoms with Gasteiger partial charge in [0, 0.05) is 25.9 Å². The van der Waals surface area contributed by atoms with Crippen LogP contribution in [0.15, 0.2) is 64.7 Å². The van der Waals surface area contributed by atoms with Crippen LogP contribution in [0.4, 0.5) is 5.69 Å². The smallest absolute Gasteiger partial charge is 0.310 e. The Morgan fingerprint density at radius 2 is 1.88 bits per heavy atom. The number of benzene rings is 3. The molecule has 0 spiro atoms. The van der Waals surface area contributed by atoms with Crippen LogP contribution in [0.2, 0.25) is 0 Å². The molecule has 2 N–H and O–H groups in total. The van der Waals surface area contributed by atoms with Gasteiger partial charge in [-0.1, -0.05) is 41.6 Å². The monoisotopic (exact) mass is 562 g/mol. The van der Waals surface area contributed by atoms with Crippen LogP contribution in [0.3, 0.4) is 0 Å². The summed E-state index contributed by atoms with van der Waals surface area (Å²) in [6.45, 7) is 7.58. The molecule has 10 heteroatoms. The molecule has 3 aromatic carbocycles. The third kappa shape index (κ3) is 4.54. The highest BCUT2D eigenvalue weighted by Gasteiger charge is 2.42. The first-order valence-electron chi connectivity index (χ1n) is 13.2. The second-order valence-electron chi connectivity index (χ2n) is 11.2. The number of ether oxygens (including phenoxy) is 1. The van der Waals surface area contributed by atoms with Crippen LogP contribution in [-0.2, 0) is 27.8 Å². The minimum Gasteiger partial charge on any atom is -0.487 e. The predicted octanol–water partition coefficient (Wildman–Crippen LogP) is 5.44. The summed E-state index contributed by atoms with van der Waals surface area (Å²) < 4.78 is 35.8.